The first-order valence-corrected chi connectivity index (χ1v) is 10.0. The van der Waals surface area contributed by atoms with E-state index in [4.69, 9.17) is 5.41 Å². The monoisotopic (exact) mass is 421 g/mol. The predicted octanol–water partition coefficient (Wildman–Crippen LogP) is 4.48. The molecule has 0 aliphatic carbocycles. The molecule has 4 rings (SSSR count). The molecule has 0 bridgehead atoms. The highest BCUT2D eigenvalue weighted by atomic mass is 32.2. The van der Waals surface area contributed by atoms with Gasteiger partial charge in [0.25, 0.3) is 11.6 Å². The molecule has 0 fully saturated rings. The van der Waals surface area contributed by atoms with Gasteiger partial charge < -0.3 is 4.57 Å². The average Bonchev–Trinajstić information content (AvgIpc) is 3.18. The molecule has 1 aromatic heterocycles. The maximum absolute atomic E-state index is 12.6. The number of aryl methyl sites for hydroxylation is 2. The number of carbonyl (C=O) groups is 1. The van der Waals surface area contributed by atoms with Crippen LogP contribution in [0, 0.1) is 36.3 Å². The molecule has 0 atom stereocenters. The third-order valence-corrected chi connectivity index (χ3v) is 6.01. The van der Waals surface area contributed by atoms with Gasteiger partial charge in [-0.25, -0.2) is 0 Å². The number of non-ortho nitro benzene ring substituents is 1. The standard InChI is InChI=1S/C21H19N5O3S/c1-11-5-6-16(26(28)29)9-18(11)25-12(2)7-15(14(25)4)8-17-19(22)24-10-13(3)30-21(24)23-20(17)27/h5-10,22H,1-4H3/b17-8-,22-19?. The Morgan fingerprint density at radius 3 is 2.63 bits per heavy atom. The normalized spacial score (nSPS) is 17.3. The van der Waals surface area contributed by atoms with Gasteiger partial charge in [0.15, 0.2) is 5.17 Å². The minimum absolute atomic E-state index is 0.0165. The smallest absolute Gasteiger partial charge is 0.283 e. The Balaban J connectivity index is 1.81. The number of nitrogens with one attached hydrogen (secondary N) is 1. The number of hydrogen-bond acceptors (Lipinski definition) is 5. The first kappa shape index (κ1) is 19.8. The van der Waals surface area contributed by atoms with E-state index in [-0.39, 0.29) is 17.1 Å². The second kappa shape index (κ2) is 7.10. The molecule has 2 aliphatic rings. The van der Waals surface area contributed by atoms with Crippen LogP contribution < -0.4 is 0 Å². The number of fused-ring (bicyclic) bond motifs is 1. The number of aliphatic imine (C=N–C) groups is 1. The van der Waals surface area contributed by atoms with Gasteiger partial charge in [-0.3, -0.25) is 25.2 Å². The second-order valence-corrected chi connectivity index (χ2v) is 8.42. The molecule has 30 heavy (non-hydrogen) atoms. The molecule has 0 saturated carbocycles. The largest absolute Gasteiger partial charge is 0.317 e. The lowest BCUT2D eigenvalue weighted by molar-refractivity contribution is -0.384. The summed E-state index contributed by atoms with van der Waals surface area (Å²) in [5.41, 5.74) is 4.29. The number of carbonyl (C=O) groups excluding carboxylic acids is 1. The quantitative estimate of drug-likeness (QED) is 0.447. The second-order valence-electron chi connectivity index (χ2n) is 7.21. The highest BCUT2D eigenvalue weighted by Crippen LogP contribution is 2.33. The number of amidine groups is 2. The Morgan fingerprint density at radius 1 is 1.20 bits per heavy atom. The molecule has 2 aliphatic heterocycles. The third-order valence-electron chi connectivity index (χ3n) is 5.11. The van der Waals surface area contributed by atoms with Gasteiger partial charge in [-0.05, 0) is 51.0 Å². The van der Waals surface area contributed by atoms with Gasteiger partial charge in [0, 0.05) is 34.6 Å². The molecule has 2 aromatic rings. The summed E-state index contributed by atoms with van der Waals surface area (Å²) in [7, 11) is 0. The van der Waals surface area contributed by atoms with Crippen LogP contribution in [0.25, 0.3) is 11.8 Å². The van der Waals surface area contributed by atoms with Crippen molar-refractivity contribution >= 4 is 40.4 Å². The summed E-state index contributed by atoms with van der Waals surface area (Å²) in [6, 6.07) is 6.66. The maximum atomic E-state index is 12.6. The van der Waals surface area contributed by atoms with E-state index < -0.39 is 10.8 Å². The van der Waals surface area contributed by atoms with Crippen LogP contribution in [0.3, 0.4) is 0 Å². The summed E-state index contributed by atoms with van der Waals surface area (Å²) in [5.74, 6) is -0.358. The van der Waals surface area contributed by atoms with Crippen molar-refractivity contribution in [2.45, 2.75) is 27.7 Å². The molecule has 3 heterocycles. The zero-order valence-electron chi connectivity index (χ0n) is 16.9. The van der Waals surface area contributed by atoms with E-state index in [0.717, 1.165) is 27.4 Å². The van der Waals surface area contributed by atoms with Crippen LogP contribution in [0.1, 0.15) is 29.4 Å². The number of amides is 1. The lowest BCUT2D eigenvalue weighted by atomic mass is 10.1. The van der Waals surface area contributed by atoms with Crippen LogP contribution in [0.5, 0.6) is 0 Å². The van der Waals surface area contributed by atoms with Gasteiger partial charge in [-0.2, -0.15) is 4.99 Å². The lowest BCUT2D eigenvalue weighted by Crippen LogP contribution is -2.35. The van der Waals surface area contributed by atoms with Crippen LogP contribution in [0.15, 0.2) is 45.9 Å². The summed E-state index contributed by atoms with van der Waals surface area (Å²) in [6.45, 7) is 7.59. The number of aromatic nitrogens is 1. The molecule has 0 saturated heterocycles. The van der Waals surface area contributed by atoms with E-state index in [0.29, 0.717) is 10.9 Å². The Kier molecular flexibility index (Phi) is 4.70. The van der Waals surface area contributed by atoms with Crippen molar-refractivity contribution in [3.63, 3.8) is 0 Å². The van der Waals surface area contributed by atoms with Crippen molar-refractivity contribution in [2.24, 2.45) is 4.99 Å². The van der Waals surface area contributed by atoms with E-state index in [1.165, 1.54) is 17.8 Å². The van der Waals surface area contributed by atoms with Crippen LogP contribution in [0.4, 0.5) is 5.69 Å². The molecule has 152 valence electrons. The van der Waals surface area contributed by atoms with Crippen molar-refractivity contribution in [3.05, 3.63) is 73.6 Å². The number of thioether (sulfide) groups is 1. The molecule has 9 heteroatoms. The number of hydrogen-bond donors (Lipinski definition) is 1. The number of benzene rings is 1. The molecular weight excluding hydrogens is 402 g/mol. The SMILES string of the molecule is CC1=CN2C(=N)/C(=C/c3cc(C)n(-c4cc([N+](=O)[O-])ccc4C)c3C)C(=O)N=C2S1. The first-order chi connectivity index (χ1) is 14.2. The molecule has 0 spiro atoms. The number of nitro groups is 1. The number of allylic oxidation sites excluding steroid dienone is 1. The minimum atomic E-state index is -0.446. The highest BCUT2D eigenvalue weighted by molar-refractivity contribution is 8.17. The van der Waals surface area contributed by atoms with E-state index in [1.807, 2.05) is 38.3 Å². The van der Waals surface area contributed by atoms with E-state index in [9.17, 15) is 14.9 Å². The fourth-order valence-corrected chi connectivity index (χ4v) is 4.43. The maximum Gasteiger partial charge on any atom is 0.283 e. The number of nitro benzene ring substituents is 1. The summed E-state index contributed by atoms with van der Waals surface area (Å²) in [5, 5.41) is 20.2. The van der Waals surface area contributed by atoms with E-state index in [2.05, 4.69) is 4.99 Å². The lowest BCUT2D eigenvalue weighted by Gasteiger charge is -2.22. The van der Waals surface area contributed by atoms with Gasteiger partial charge in [0.2, 0.25) is 0 Å². The zero-order chi connectivity index (χ0) is 21.7. The Morgan fingerprint density at radius 2 is 1.93 bits per heavy atom. The molecule has 0 unspecified atom stereocenters. The molecule has 1 aromatic carbocycles. The van der Waals surface area contributed by atoms with Gasteiger partial charge in [-0.15, -0.1) is 0 Å². The van der Waals surface area contributed by atoms with Gasteiger partial charge >= 0.3 is 0 Å². The topological polar surface area (TPSA) is 105 Å². The Hall–Kier alpha value is -3.46. The predicted molar refractivity (Wildman–Crippen MR) is 118 cm³/mol. The van der Waals surface area contributed by atoms with Crippen LogP contribution >= 0.6 is 11.8 Å². The average molecular weight is 421 g/mol. The fourth-order valence-electron chi connectivity index (χ4n) is 3.61. The van der Waals surface area contributed by atoms with Crippen LogP contribution in [0.2, 0.25) is 0 Å². The number of nitrogens with zero attached hydrogens (tertiary/aromatic N) is 4. The Bertz CT molecular complexity index is 1240. The van der Waals surface area contributed by atoms with Gasteiger partial charge in [0.05, 0.1) is 16.2 Å². The minimum Gasteiger partial charge on any atom is -0.317 e. The van der Waals surface area contributed by atoms with Crippen molar-refractivity contribution < 1.29 is 9.72 Å². The molecule has 1 N–H and O–H groups in total. The molecular formula is C21H19N5O3S. The fraction of sp³-hybridized carbons (Fsp3) is 0.190. The molecule has 8 nitrogen and oxygen atoms in total. The van der Waals surface area contributed by atoms with Crippen LogP contribution in [-0.4, -0.2) is 31.3 Å². The third kappa shape index (κ3) is 3.17. The summed E-state index contributed by atoms with van der Waals surface area (Å²) >= 11 is 1.37. The van der Waals surface area contributed by atoms with E-state index >= 15 is 0 Å². The zero-order valence-corrected chi connectivity index (χ0v) is 17.7. The van der Waals surface area contributed by atoms with Gasteiger partial charge in [0.1, 0.15) is 5.84 Å². The first-order valence-electron chi connectivity index (χ1n) is 9.21. The Labute approximate surface area is 177 Å². The summed E-state index contributed by atoms with van der Waals surface area (Å²) < 4.78 is 1.93. The van der Waals surface area contributed by atoms with Crippen molar-refractivity contribution in [1.82, 2.24) is 9.47 Å². The molecule has 1 amide bonds. The van der Waals surface area contributed by atoms with Crippen molar-refractivity contribution in [2.75, 3.05) is 0 Å². The highest BCUT2D eigenvalue weighted by Gasteiger charge is 2.33. The number of rotatable bonds is 3. The van der Waals surface area contributed by atoms with Crippen molar-refractivity contribution in [1.29, 1.82) is 5.41 Å². The summed E-state index contributed by atoms with van der Waals surface area (Å²) in [4.78, 5) is 30.1. The van der Waals surface area contributed by atoms with Gasteiger partial charge in [-0.1, -0.05) is 17.8 Å². The summed E-state index contributed by atoms with van der Waals surface area (Å²) in [6.07, 6.45) is 3.46. The van der Waals surface area contributed by atoms with Crippen molar-refractivity contribution in [3.8, 4) is 5.69 Å². The van der Waals surface area contributed by atoms with E-state index in [1.54, 1.807) is 29.3 Å². The van der Waals surface area contributed by atoms with Crippen LogP contribution in [-0.2, 0) is 4.79 Å². The molecule has 0 radical (unpaired) electrons.